The highest BCUT2D eigenvalue weighted by molar-refractivity contribution is 6.31. The Hall–Kier alpha value is -2.93. The molecule has 2 aromatic carbocycles. The van der Waals surface area contributed by atoms with Crippen LogP contribution in [0.2, 0.25) is 5.02 Å². The van der Waals surface area contributed by atoms with Gasteiger partial charge in [-0.2, -0.15) is 0 Å². The normalized spacial score (nSPS) is 11.9. The van der Waals surface area contributed by atoms with Gasteiger partial charge in [0.1, 0.15) is 17.4 Å². The summed E-state index contributed by atoms with van der Waals surface area (Å²) in [6, 6.07) is 10.2. The van der Waals surface area contributed by atoms with Crippen molar-refractivity contribution in [1.82, 2.24) is 9.97 Å². The number of halogens is 2. The molecular weight excluding hydrogens is 349 g/mol. The van der Waals surface area contributed by atoms with E-state index in [2.05, 4.69) is 15.3 Å². The number of nitrogens with zero attached hydrogens (tertiary/aromatic N) is 2. The number of fused-ring (bicyclic) bond motifs is 1. The minimum Gasteiger partial charge on any atom is -0.478 e. The fourth-order valence-corrected chi connectivity index (χ4v) is 2.29. The summed E-state index contributed by atoms with van der Waals surface area (Å²) >= 11 is 5.89. The standard InChI is InChI=1S/C17H13ClFN3O3/c18-10-1-6-13-14(7-10)20-9-16(22-13)21-8-15(17(23)24)25-12-4-2-11(19)3-5-12/h1-7,9,15H,8H2,(H,21,22)(H,23,24). The Labute approximate surface area is 147 Å². The van der Waals surface area contributed by atoms with Crippen LogP contribution < -0.4 is 10.1 Å². The van der Waals surface area contributed by atoms with Gasteiger partial charge in [0.15, 0.2) is 0 Å². The molecule has 3 rings (SSSR count). The molecule has 0 aliphatic carbocycles. The van der Waals surface area contributed by atoms with Gasteiger partial charge < -0.3 is 15.2 Å². The van der Waals surface area contributed by atoms with Crippen LogP contribution in [0.3, 0.4) is 0 Å². The van der Waals surface area contributed by atoms with Gasteiger partial charge in [-0.15, -0.1) is 0 Å². The third-order valence-electron chi connectivity index (χ3n) is 3.34. The van der Waals surface area contributed by atoms with Gasteiger partial charge in [0, 0.05) is 5.02 Å². The number of aromatic nitrogens is 2. The van der Waals surface area contributed by atoms with Gasteiger partial charge in [-0.25, -0.2) is 14.2 Å². The monoisotopic (exact) mass is 361 g/mol. The second-order valence-corrected chi connectivity index (χ2v) is 5.60. The molecular formula is C17H13ClFN3O3. The molecule has 0 fully saturated rings. The maximum absolute atomic E-state index is 12.9. The number of ether oxygens (including phenoxy) is 1. The summed E-state index contributed by atoms with van der Waals surface area (Å²) < 4.78 is 18.3. The third-order valence-corrected chi connectivity index (χ3v) is 3.58. The van der Waals surface area contributed by atoms with Crippen molar-refractivity contribution in [2.24, 2.45) is 0 Å². The van der Waals surface area contributed by atoms with E-state index in [1.807, 2.05) is 0 Å². The third kappa shape index (κ3) is 4.33. The lowest BCUT2D eigenvalue weighted by atomic mass is 10.3. The van der Waals surface area contributed by atoms with Crippen molar-refractivity contribution in [3.05, 3.63) is 59.5 Å². The van der Waals surface area contributed by atoms with E-state index in [-0.39, 0.29) is 12.3 Å². The Bertz CT molecular complexity index is 905. The fourth-order valence-electron chi connectivity index (χ4n) is 2.12. The van der Waals surface area contributed by atoms with Crippen molar-refractivity contribution in [1.29, 1.82) is 0 Å². The van der Waals surface area contributed by atoms with Crippen LogP contribution in [-0.4, -0.2) is 33.7 Å². The van der Waals surface area contributed by atoms with E-state index in [0.29, 0.717) is 21.9 Å². The zero-order valence-corrected chi connectivity index (χ0v) is 13.6. The van der Waals surface area contributed by atoms with Gasteiger partial charge in [0.05, 0.1) is 23.8 Å². The lowest BCUT2D eigenvalue weighted by Crippen LogP contribution is -2.34. The number of anilines is 1. The Morgan fingerprint density at radius 1 is 1.24 bits per heavy atom. The molecule has 25 heavy (non-hydrogen) atoms. The molecule has 1 unspecified atom stereocenters. The molecule has 1 aromatic heterocycles. The van der Waals surface area contributed by atoms with E-state index in [1.165, 1.54) is 30.5 Å². The number of aliphatic carboxylic acids is 1. The first-order valence-electron chi connectivity index (χ1n) is 7.32. The Kier molecular flexibility index (Phi) is 4.95. The fraction of sp³-hybridized carbons (Fsp3) is 0.118. The predicted octanol–water partition coefficient (Wildman–Crippen LogP) is 3.37. The topological polar surface area (TPSA) is 84.3 Å². The molecule has 1 atom stereocenters. The summed E-state index contributed by atoms with van der Waals surface area (Å²) in [5.74, 6) is -0.917. The summed E-state index contributed by atoms with van der Waals surface area (Å²) in [7, 11) is 0. The van der Waals surface area contributed by atoms with Gasteiger partial charge in [-0.1, -0.05) is 11.6 Å². The number of benzene rings is 2. The van der Waals surface area contributed by atoms with E-state index < -0.39 is 17.9 Å². The van der Waals surface area contributed by atoms with Crippen LogP contribution in [0.1, 0.15) is 0 Å². The highest BCUT2D eigenvalue weighted by Crippen LogP contribution is 2.18. The number of carbonyl (C=O) groups is 1. The van der Waals surface area contributed by atoms with Crippen molar-refractivity contribution in [3.63, 3.8) is 0 Å². The first-order valence-corrected chi connectivity index (χ1v) is 7.70. The van der Waals surface area contributed by atoms with E-state index in [0.717, 1.165) is 0 Å². The van der Waals surface area contributed by atoms with Crippen molar-refractivity contribution in [2.45, 2.75) is 6.10 Å². The van der Waals surface area contributed by atoms with Crippen LogP contribution in [0.5, 0.6) is 5.75 Å². The highest BCUT2D eigenvalue weighted by Gasteiger charge is 2.19. The molecule has 3 aromatic rings. The minimum atomic E-state index is -1.17. The molecule has 0 spiro atoms. The van der Waals surface area contributed by atoms with Crippen LogP contribution in [0.25, 0.3) is 11.0 Å². The van der Waals surface area contributed by atoms with Crippen molar-refractivity contribution in [2.75, 3.05) is 11.9 Å². The van der Waals surface area contributed by atoms with E-state index >= 15 is 0 Å². The minimum absolute atomic E-state index is 0.0412. The predicted molar refractivity (Wildman–Crippen MR) is 91.5 cm³/mol. The smallest absolute Gasteiger partial charge is 0.346 e. The summed E-state index contributed by atoms with van der Waals surface area (Å²) in [6.07, 6.45) is 0.309. The lowest BCUT2D eigenvalue weighted by Gasteiger charge is -2.16. The molecule has 1 heterocycles. The number of hydrogen-bond acceptors (Lipinski definition) is 5. The van der Waals surface area contributed by atoms with Crippen LogP contribution >= 0.6 is 11.6 Å². The van der Waals surface area contributed by atoms with Gasteiger partial charge in [0.25, 0.3) is 0 Å². The summed E-state index contributed by atoms with van der Waals surface area (Å²) in [6.45, 7) is -0.0412. The van der Waals surface area contributed by atoms with Crippen LogP contribution in [-0.2, 0) is 4.79 Å². The van der Waals surface area contributed by atoms with Crippen LogP contribution in [0.4, 0.5) is 10.2 Å². The van der Waals surface area contributed by atoms with Crippen molar-refractivity contribution < 1.29 is 19.0 Å². The Morgan fingerprint density at radius 2 is 2.00 bits per heavy atom. The molecule has 128 valence electrons. The number of carboxylic acids is 1. The zero-order valence-electron chi connectivity index (χ0n) is 12.8. The molecule has 0 amide bonds. The van der Waals surface area contributed by atoms with Gasteiger partial charge in [-0.05, 0) is 42.5 Å². The van der Waals surface area contributed by atoms with Crippen LogP contribution in [0, 0.1) is 5.82 Å². The average molecular weight is 362 g/mol. The summed E-state index contributed by atoms with van der Waals surface area (Å²) in [5, 5.41) is 12.7. The second kappa shape index (κ2) is 7.31. The molecule has 0 radical (unpaired) electrons. The molecule has 0 aliphatic rings. The molecule has 8 heteroatoms. The largest absolute Gasteiger partial charge is 0.478 e. The molecule has 0 aliphatic heterocycles. The lowest BCUT2D eigenvalue weighted by molar-refractivity contribution is -0.144. The van der Waals surface area contributed by atoms with Crippen molar-refractivity contribution >= 4 is 34.4 Å². The SMILES string of the molecule is O=C(O)C(CNc1cnc2cc(Cl)ccc2n1)Oc1ccc(F)cc1. The number of carboxylic acid groups (broad SMARTS) is 1. The molecule has 0 saturated heterocycles. The Morgan fingerprint density at radius 3 is 2.72 bits per heavy atom. The maximum Gasteiger partial charge on any atom is 0.346 e. The van der Waals surface area contributed by atoms with E-state index in [4.69, 9.17) is 16.3 Å². The summed E-state index contributed by atoms with van der Waals surface area (Å²) in [4.78, 5) is 19.9. The number of rotatable bonds is 6. The summed E-state index contributed by atoms with van der Waals surface area (Å²) in [5.41, 5.74) is 1.26. The number of nitrogens with one attached hydrogen (secondary N) is 1. The highest BCUT2D eigenvalue weighted by atomic mass is 35.5. The van der Waals surface area contributed by atoms with Crippen molar-refractivity contribution in [3.8, 4) is 5.75 Å². The zero-order chi connectivity index (χ0) is 17.8. The van der Waals surface area contributed by atoms with Crippen LogP contribution in [0.15, 0.2) is 48.7 Å². The molecule has 2 N–H and O–H groups in total. The van der Waals surface area contributed by atoms with E-state index in [1.54, 1.807) is 18.2 Å². The average Bonchev–Trinajstić information content (AvgIpc) is 2.60. The Balaban J connectivity index is 1.69. The molecule has 0 bridgehead atoms. The van der Waals surface area contributed by atoms with Gasteiger partial charge in [0.2, 0.25) is 6.10 Å². The molecule has 0 saturated carbocycles. The first-order chi connectivity index (χ1) is 12.0. The quantitative estimate of drug-likeness (QED) is 0.700. The second-order valence-electron chi connectivity index (χ2n) is 5.17. The first kappa shape index (κ1) is 16.9. The molecule has 6 nitrogen and oxygen atoms in total. The number of hydrogen-bond donors (Lipinski definition) is 2. The van der Waals surface area contributed by atoms with Gasteiger partial charge >= 0.3 is 5.97 Å². The van der Waals surface area contributed by atoms with Gasteiger partial charge in [-0.3, -0.25) is 4.98 Å². The maximum atomic E-state index is 12.9. The van der Waals surface area contributed by atoms with E-state index in [9.17, 15) is 14.3 Å².